The predicted molar refractivity (Wildman–Crippen MR) is 98.5 cm³/mol. The number of rotatable bonds is 2. The highest BCUT2D eigenvalue weighted by atomic mass is 19.4. The van der Waals surface area contributed by atoms with Crippen molar-refractivity contribution in [2.75, 3.05) is 38.1 Å². The number of anilines is 1. The Morgan fingerprint density at radius 3 is 2.66 bits per heavy atom. The van der Waals surface area contributed by atoms with E-state index in [2.05, 4.69) is 20.4 Å². The Balaban J connectivity index is 1.40. The number of aromatic nitrogens is 2. The van der Waals surface area contributed by atoms with Crippen LogP contribution in [0.5, 0.6) is 5.75 Å². The Labute approximate surface area is 165 Å². The number of halogens is 3. The summed E-state index contributed by atoms with van der Waals surface area (Å²) in [5.74, 6) is 0.678. The molecule has 0 spiro atoms. The van der Waals surface area contributed by atoms with E-state index in [-0.39, 0.29) is 12.1 Å². The molecule has 3 heterocycles. The first-order valence-corrected chi connectivity index (χ1v) is 9.33. The molecule has 4 rings (SSSR count). The second-order valence-electron chi connectivity index (χ2n) is 6.97. The molecule has 1 aromatic heterocycles. The Morgan fingerprint density at radius 1 is 1.17 bits per heavy atom. The number of ether oxygens (including phenoxy) is 1. The van der Waals surface area contributed by atoms with Crippen LogP contribution in [0.1, 0.15) is 23.6 Å². The lowest BCUT2D eigenvalue weighted by Crippen LogP contribution is -2.51. The highest BCUT2D eigenvalue weighted by Gasteiger charge is 2.35. The lowest BCUT2D eigenvalue weighted by molar-refractivity contribution is -0.137. The van der Waals surface area contributed by atoms with Gasteiger partial charge in [0.2, 0.25) is 0 Å². The zero-order valence-electron chi connectivity index (χ0n) is 15.5. The van der Waals surface area contributed by atoms with Gasteiger partial charge in [-0.1, -0.05) is 6.07 Å². The topological polar surface area (TPSA) is 70.6 Å². The zero-order valence-corrected chi connectivity index (χ0v) is 15.5. The number of hydrogen-bond acceptors (Lipinski definition) is 5. The van der Waals surface area contributed by atoms with Crippen LogP contribution in [-0.2, 0) is 6.18 Å². The summed E-state index contributed by atoms with van der Waals surface area (Å²) in [7, 11) is 0. The molecule has 2 aliphatic rings. The van der Waals surface area contributed by atoms with E-state index in [0.29, 0.717) is 50.8 Å². The van der Waals surface area contributed by atoms with Crippen LogP contribution < -0.4 is 10.1 Å². The number of carbonyl (C=O) groups excluding carboxylic acids is 1. The van der Waals surface area contributed by atoms with Gasteiger partial charge in [0.15, 0.2) is 5.82 Å². The van der Waals surface area contributed by atoms with Gasteiger partial charge in [0.25, 0.3) is 0 Å². The quantitative estimate of drug-likeness (QED) is 0.828. The minimum atomic E-state index is -4.40. The summed E-state index contributed by atoms with van der Waals surface area (Å²) in [5.41, 5.74) is 0.0594. The monoisotopic (exact) mass is 407 g/mol. The molecule has 1 unspecified atom stereocenters. The lowest BCUT2D eigenvalue weighted by atomic mass is 9.96. The molecule has 0 radical (unpaired) electrons. The summed E-state index contributed by atoms with van der Waals surface area (Å²) in [4.78, 5) is 16.3. The molecule has 1 saturated heterocycles. The van der Waals surface area contributed by atoms with Gasteiger partial charge in [0.05, 0.1) is 12.2 Å². The van der Waals surface area contributed by atoms with Crippen LogP contribution in [0.3, 0.4) is 0 Å². The number of amides is 2. The number of fused-ring (bicyclic) bond motifs is 1. The summed E-state index contributed by atoms with van der Waals surface area (Å²) < 4.78 is 44.4. The molecule has 0 aliphatic carbocycles. The van der Waals surface area contributed by atoms with Gasteiger partial charge < -0.3 is 9.64 Å². The van der Waals surface area contributed by atoms with Crippen LogP contribution in [0.4, 0.5) is 23.8 Å². The van der Waals surface area contributed by atoms with E-state index >= 15 is 0 Å². The van der Waals surface area contributed by atoms with E-state index < -0.39 is 11.7 Å². The molecule has 1 fully saturated rings. The standard InChI is InChI=1S/C19H20F3N5O2/c20-19(21,22)13-3-4-14-15(5-11-29-16(14)12-13)26-7-9-27(10-8-26)18(28)24-17-2-1-6-23-25-17/h1-4,6,12,15H,5,7-11H2,(H,24,25,28). The molecule has 7 nitrogen and oxygen atoms in total. The Hall–Kier alpha value is -2.88. The average molecular weight is 407 g/mol. The van der Waals surface area contributed by atoms with Gasteiger partial charge in [-0.15, -0.1) is 5.10 Å². The highest BCUT2D eigenvalue weighted by Crippen LogP contribution is 2.40. The largest absolute Gasteiger partial charge is 0.493 e. The summed E-state index contributed by atoms with van der Waals surface area (Å²) in [6.07, 6.45) is -2.17. The molecule has 2 amide bonds. The maximum absolute atomic E-state index is 13.0. The van der Waals surface area contributed by atoms with Gasteiger partial charge in [-0.05, 0) is 24.3 Å². The molecule has 1 atom stereocenters. The van der Waals surface area contributed by atoms with Crippen molar-refractivity contribution >= 4 is 11.8 Å². The third kappa shape index (κ3) is 4.26. The van der Waals surface area contributed by atoms with Crippen molar-refractivity contribution in [1.82, 2.24) is 20.0 Å². The fourth-order valence-electron chi connectivity index (χ4n) is 3.72. The Kier molecular flexibility index (Phi) is 5.27. The van der Waals surface area contributed by atoms with Crippen LogP contribution in [0.15, 0.2) is 36.5 Å². The van der Waals surface area contributed by atoms with Crippen molar-refractivity contribution in [3.8, 4) is 5.75 Å². The van der Waals surface area contributed by atoms with Crippen LogP contribution in [-0.4, -0.2) is 58.8 Å². The van der Waals surface area contributed by atoms with Gasteiger partial charge in [-0.2, -0.15) is 18.3 Å². The number of piperazine rings is 1. The number of urea groups is 1. The molecule has 1 aromatic carbocycles. The third-order valence-corrected chi connectivity index (χ3v) is 5.20. The summed E-state index contributed by atoms with van der Waals surface area (Å²) in [5, 5.41) is 10.3. The van der Waals surface area contributed by atoms with Gasteiger partial charge >= 0.3 is 12.2 Å². The first-order chi connectivity index (χ1) is 13.9. The van der Waals surface area contributed by atoms with E-state index in [4.69, 9.17) is 4.74 Å². The number of benzene rings is 1. The summed E-state index contributed by atoms with van der Waals surface area (Å²) in [6.45, 7) is 2.64. The van der Waals surface area contributed by atoms with E-state index in [1.165, 1.54) is 12.3 Å². The number of alkyl halides is 3. The van der Waals surface area contributed by atoms with Crippen molar-refractivity contribution in [3.05, 3.63) is 47.7 Å². The smallest absolute Gasteiger partial charge is 0.416 e. The summed E-state index contributed by atoms with van der Waals surface area (Å²) in [6, 6.07) is 6.77. The Bertz CT molecular complexity index is 870. The first kappa shape index (κ1) is 19.4. The van der Waals surface area contributed by atoms with Crippen molar-refractivity contribution in [1.29, 1.82) is 0 Å². The normalized spacial score (nSPS) is 20.0. The number of carbonyl (C=O) groups is 1. The van der Waals surface area contributed by atoms with E-state index in [0.717, 1.165) is 17.7 Å². The summed E-state index contributed by atoms with van der Waals surface area (Å²) >= 11 is 0. The molecule has 10 heteroatoms. The molecule has 154 valence electrons. The molecule has 2 aliphatic heterocycles. The van der Waals surface area contributed by atoms with E-state index in [1.54, 1.807) is 17.0 Å². The van der Waals surface area contributed by atoms with Crippen LogP contribution >= 0.6 is 0 Å². The zero-order chi connectivity index (χ0) is 20.4. The highest BCUT2D eigenvalue weighted by molar-refractivity contribution is 5.88. The maximum Gasteiger partial charge on any atom is 0.416 e. The van der Waals surface area contributed by atoms with Crippen LogP contribution in [0, 0.1) is 0 Å². The lowest BCUT2D eigenvalue weighted by Gasteiger charge is -2.41. The van der Waals surface area contributed by atoms with Crippen LogP contribution in [0.25, 0.3) is 0 Å². The van der Waals surface area contributed by atoms with Crippen LogP contribution in [0.2, 0.25) is 0 Å². The second kappa shape index (κ2) is 7.86. The fourth-order valence-corrected chi connectivity index (χ4v) is 3.72. The third-order valence-electron chi connectivity index (χ3n) is 5.20. The SMILES string of the molecule is O=C(Nc1cccnn1)N1CCN(C2CCOc3cc(C(F)(F)F)ccc32)CC1. The molecular weight excluding hydrogens is 387 g/mol. The van der Waals surface area contributed by atoms with Crippen molar-refractivity contribution < 1.29 is 22.7 Å². The molecule has 29 heavy (non-hydrogen) atoms. The first-order valence-electron chi connectivity index (χ1n) is 9.33. The van der Waals surface area contributed by atoms with Crippen molar-refractivity contribution in [3.63, 3.8) is 0 Å². The molecule has 0 bridgehead atoms. The predicted octanol–water partition coefficient (Wildman–Crippen LogP) is 3.17. The van der Waals surface area contributed by atoms with Crippen molar-refractivity contribution in [2.24, 2.45) is 0 Å². The fraction of sp³-hybridized carbons (Fsp3) is 0.421. The van der Waals surface area contributed by atoms with Gasteiger partial charge in [-0.3, -0.25) is 10.2 Å². The molecule has 0 saturated carbocycles. The van der Waals surface area contributed by atoms with Gasteiger partial charge in [-0.25, -0.2) is 4.79 Å². The van der Waals surface area contributed by atoms with E-state index in [9.17, 15) is 18.0 Å². The molecular formula is C19H20F3N5O2. The minimum Gasteiger partial charge on any atom is -0.493 e. The maximum atomic E-state index is 13.0. The molecule has 2 aromatic rings. The average Bonchev–Trinajstić information content (AvgIpc) is 2.73. The van der Waals surface area contributed by atoms with Gasteiger partial charge in [0.1, 0.15) is 5.75 Å². The molecule has 1 N–H and O–H groups in total. The minimum absolute atomic E-state index is 0.0220. The number of hydrogen-bond donors (Lipinski definition) is 1. The van der Waals surface area contributed by atoms with Gasteiger partial charge in [0, 0.05) is 50.4 Å². The number of nitrogens with zero attached hydrogens (tertiary/aromatic N) is 4. The number of nitrogens with one attached hydrogen (secondary N) is 1. The second-order valence-corrected chi connectivity index (χ2v) is 6.97. The van der Waals surface area contributed by atoms with E-state index in [1.807, 2.05) is 0 Å². The van der Waals surface area contributed by atoms with Crippen molar-refractivity contribution in [2.45, 2.75) is 18.6 Å². The Morgan fingerprint density at radius 2 is 1.97 bits per heavy atom.